The number of carbonyl (C=O) groups is 2. The van der Waals surface area contributed by atoms with Gasteiger partial charge in [0.15, 0.2) is 12.2 Å². The SMILES string of the molecule is CC[C@@H](Oc1cccc(C)c1)C(=O)NNC(=O)[C@H](C)Oc1ccc2ccccc2c1. The number of fused-ring (bicyclic) bond motifs is 1. The fraction of sp³-hybridized carbons (Fsp3) is 0.250. The lowest BCUT2D eigenvalue weighted by Gasteiger charge is -2.19. The molecule has 0 aliphatic rings. The Morgan fingerprint density at radius 2 is 1.53 bits per heavy atom. The van der Waals surface area contributed by atoms with Gasteiger partial charge >= 0.3 is 0 Å². The van der Waals surface area contributed by atoms with Crippen molar-refractivity contribution >= 4 is 22.6 Å². The van der Waals surface area contributed by atoms with E-state index in [4.69, 9.17) is 9.47 Å². The molecule has 0 saturated heterocycles. The molecule has 0 aromatic heterocycles. The molecule has 0 saturated carbocycles. The molecule has 2 atom stereocenters. The van der Waals surface area contributed by atoms with Gasteiger partial charge in [0.25, 0.3) is 11.8 Å². The first kappa shape index (κ1) is 21.2. The monoisotopic (exact) mass is 406 g/mol. The molecule has 3 aromatic carbocycles. The van der Waals surface area contributed by atoms with E-state index in [1.165, 1.54) is 0 Å². The van der Waals surface area contributed by atoms with Crippen LogP contribution in [0.5, 0.6) is 11.5 Å². The van der Waals surface area contributed by atoms with Gasteiger partial charge in [-0.05, 0) is 60.9 Å². The maximum absolute atomic E-state index is 12.4. The Balaban J connectivity index is 1.53. The van der Waals surface area contributed by atoms with Gasteiger partial charge in [0, 0.05) is 0 Å². The number of amides is 2. The molecule has 3 aromatic rings. The summed E-state index contributed by atoms with van der Waals surface area (Å²) < 4.78 is 11.5. The first-order valence-electron chi connectivity index (χ1n) is 9.94. The van der Waals surface area contributed by atoms with E-state index in [1.54, 1.807) is 13.0 Å². The van der Waals surface area contributed by atoms with E-state index >= 15 is 0 Å². The van der Waals surface area contributed by atoms with E-state index in [-0.39, 0.29) is 0 Å². The maximum atomic E-state index is 12.4. The number of nitrogens with one attached hydrogen (secondary N) is 2. The topological polar surface area (TPSA) is 76.7 Å². The van der Waals surface area contributed by atoms with E-state index in [0.29, 0.717) is 17.9 Å². The van der Waals surface area contributed by atoms with E-state index in [9.17, 15) is 9.59 Å². The fourth-order valence-corrected chi connectivity index (χ4v) is 2.98. The Kier molecular flexibility index (Phi) is 6.91. The summed E-state index contributed by atoms with van der Waals surface area (Å²) in [6, 6.07) is 21.0. The standard InChI is InChI=1S/C24H26N2O4/c1-4-22(30-20-11-7-8-16(2)14-20)24(28)26-25-23(27)17(3)29-21-13-12-18-9-5-6-10-19(18)15-21/h5-15,17,22H,4H2,1-3H3,(H,25,27)(H,26,28)/t17-,22+/m0/s1. The molecule has 0 aliphatic heterocycles. The van der Waals surface area contributed by atoms with Gasteiger partial charge in [-0.3, -0.25) is 20.4 Å². The number of carbonyl (C=O) groups excluding carboxylic acids is 2. The number of benzene rings is 3. The zero-order chi connectivity index (χ0) is 21.5. The summed E-state index contributed by atoms with van der Waals surface area (Å²) in [4.78, 5) is 24.7. The Morgan fingerprint density at radius 3 is 2.27 bits per heavy atom. The average molecular weight is 406 g/mol. The second kappa shape index (κ2) is 9.78. The first-order chi connectivity index (χ1) is 14.5. The lowest BCUT2D eigenvalue weighted by molar-refractivity contribution is -0.135. The summed E-state index contributed by atoms with van der Waals surface area (Å²) in [7, 11) is 0. The Labute approximate surface area is 176 Å². The average Bonchev–Trinajstić information content (AvgIpc) is 2.75. The van der Waals surface area contributed by atoms with Crippen LogP contribution in [0.25, 0.3) is 10.8 Å². The third-order valence-corrected chi connectivity index (χ3v) is 4.64. The summed E-state index contributed by atoms with van der Waals surface area (Å²) in [6.07, 6.45) is -1.05. The van der Waals surface area contributed by atoms with Crippen LogP contribution in [-0.4, -0.2) is 24.0 Å². The predicted molar refractivity (Wildman–Crippen MR) is 116 cm³/mol. The molecule has 0 spiro atoms. The molecular weight excluding hydrogens is 380 g/mol. The van der Waals surface area contributed by atoms with Crippen molar-refractivity contribution in [1.29, 1.82) is 0 Å². The number of hydrogen-bond acceptors (Lipinski definition) is 4. The van der Waals surface area contributed by atoms with Crippen molar-refractivity contribution in [3.8, 4) is 11.5 Å². The molecule has 0 fully saturated rings. The molecule has 2 amide bonds. The third kappa shape index (κ3) is 5.50. The lowest BCUT2D eigenvalue weighted by Crippen LogP contribution is -2.51. The Hall–Kier alpha value is -3.54. The van der Waals surface area contributed by atoms with E-state index in [2.05, 4.69) is 10.9 Å². The van der Waals surface area contributed by atoms with Gasteiger partial charge < -0.3 is 9.47 Å². The van der Waals surface area contributed by atoms with Crippen molar-refractivity contribution < 1.29 is 19.1 Å². The van der Waals surface area contributed by atoms with Crippen molar-refractivity contribution in [1.82, 2.24) is 10.9 Å². The summed E-state index contributed by atoms with van der Waals surface area (Å²) in [5.41, 5.74) is 5.87. The Bertz CT molecular complexity index is 1030. The molecule has 0 bridgehead atoms. The number of aryl methyl sites for hydroxylation is 1. The van der Waals surface area contributed by atoms with Gasteiger partial charge in [-0.15, -0.1) is 0 Å². The van der Waals surface area contributed by atoms with Crippen molar-refractivity contribution in [2.24, 2.45) is 0 Å². The van der Waals surface area contributed by atoms with Gasteiger partial charge in [-0.2, -0.15) is 0 Å². The van der Waals surface area contributed by atoms with Crippen LogP contribution in [0.2, 0.25) is 0 Å². The first-order valence-corrected chi connectivity index (χ1v) is 9.94. The van der Waals surface area contributed by atoms with Crippen LogP contribution in [-0.2, 0) is 9.59 Å². The van der Waals surface area contributed by atoms with Crippen LogP contribution in [0.15, 0.2) is 66.7 Å². The molecule has 30 heavy (non-hydrogen) atoms. The van der Waals surface area contributed by atoms with Crippen LogP contribution in [0.4, 0.5) is 0 Å². The molecule has 3 rings (SSSR count). The van der Waals surface area contributed by atoms with E-state index < -0.39 is 24.0 Å². The molecule has 2 N–H and O–H groups in total. The van der Waals surface area contributed by atoms with Crippen molar-refractivity contribution in [3.05, 3.63) is 72.3 Å². The molecule has 6 heteroatoms. The highest BCUT2D eigenvalue weighted by molar-refractivity contribution is 5.87. The highest BCUT2D eigenvalue weighted by atomic mass is 16.5. The third-order valence-electron chi connectivity index (χ3n) is 4.64. The molecule has 0 radical (unpaired) electrons. The summed E-state index contributed by atoms with van der Waals surface area (Å²) >= 11 is 0. The minimum atomic E-state index is -0.788. The van der Waals surface area contributed by atoms with Crippen LogP contribution >= 0.6 is 0 Å². The van der Waals surface area contributed by atoms with Crippen LogP contribution in [0.1, 0.15) is 25.8 Å². The van der Waals surface area contributed by atoms with E-state index in [1.807, 2.05) is 74.5 Å². The van der Waals surface area contributed by atoms with Gasteiger partial charge in [0.1, 0.15) is 11.5 Å². The number of rotatable bonds is 7. The summed E-state index contributed by atoms with van der Waals surface area (Å²) in [6.45, 7) is 5.41. The minimum absolute atomic E-state index is 0.426. The zero-order valence-electron chi connectivity index (χ0n) is 17.3. The van der Waals surface area contributed by atoms with Gasteiger partial charge in [0.05, 0.1) is 0 Å². The predicted octanol–water partition coefficient (Wildman–Crippen LogP) is 3.92. The molecule has 0 unspecified atom stereocenters. The minimum Gasteiger partial charge on any atom is -0.481 e. The van der Waals surface area contributed by atoms with Gasteiger partial charge in [-0.25, -0.2) is 0 Å². The van der Waals surface area contributed by atoms with E-state index in [0.717, 1.165) is 16.3 Å². The lowest BCUT2D eigenvalue weighted by atomic mass is 10.1. The quantitative estimate of drug-likeness (QED) is 0.583. The van der Waals surface area contributed by atoms with Crippen LogP contribution in [0, 0.1) is 6.92 Å². The summed E-state index contributed by atoms with van der Waals surface area (Å²) in [5, 5.41) is 2.11. The van der Waals surface area contributed by atoms with Crippen LogP contribution < -0.4 is 20.3 Å². The molecule has 156 valence electrons. The second-order valence-electron chi connectivity index (χ2n) is 7.08. The van der Waals surface area contributed by atoms with Crippen molar-refractivity contribution in [3.63, 3.8) is 0 Å². The zero-order valence-corrected chi connectivity index (χ0v) is 17.3. The normalized spacial score (nSPS) is 12.6. The number of hydrazine groups is 1. The molecule has 6 nitrogen and oxygen atoms in total. The largest absolute Gasteiger partial charge is 0.481 e. The highest BCUT2D eigenvalue weighted by Gasteiger charge is 2.21. The highest BCUT2D eigenvalue weighted by Crippen LogP contribution is 2.21. The molecular formula is C24H26N2O4. The molecule has 0 aliphatic carbocycles. The van der Waals surface area contributed by atoms with Crippen LogP contribution in [0.3, 0.4) is 0 Å². The van der Waals surface area contributed by atoms with Crippen molar-refractivity contribution in [2.45, 2.75) is 39.4 Å². The second-order valence-corrected chi connectivity index (χ2v) is 7.08. The number of ether oxygens (including phenoxy) is 2. The smallest absolute Gasteiger partial charge is 0.279 e. The van der Waals surface area contributed by atoms with Gasteiger partial charge in [-0.1, -0.05) is 49.4 Å². The fourth-order valence-electron chi connectivity index (χ4n) is 2.98. The van der Waals surface area contributed by atoms with Gasteiger partial charge in [0.2, 0.25) is 0 Å². The summed E-state index contributed by atoms with van der Waals surface area (Å²) in [5.74, 6) is 0.306. The maximum Gasteiger partial charge on any atom is 0.279 e. The Morgan fingerprint density at radius 1 is 0.833 bits per heavy atom. The number of hydrogen-bond donors (Lipinski definition) is 2. The van der Waals surface area contributed by atoms with Crippen molar-refractivity contribution in [2.75, 3.05) is 0 Å². The molecule has 0 heterocycles.